The standard InChI is InChI=1S/C24H23FO5/c25-19-11-5-4-10-18(19)22(30-21-12-6-7-14-27-21)24-23(20(26)13-15-28-24)29-16-17-8-2-1-3-9-17/h1-5,8-11,13,15,21-22H,6-7,12,14,16H2. The molecule has 1 aromatic heterocycles. The van der Waals surface area contributed by atoms with E-state index in [0.717, 1.165) is 18.4 Å². The van der Waals surface area contributed by atoms with Gasteiger partial charge in [0.15, 0.2) is 18.2 Å². The first kappa shape index (κ1) is 20.3. The molecule has 0 bridgehead atoms. The van der Waals surface area contributed by atoms with Crippen LogP contribution < -0.4 is 10.2 Å². The van der Waals surface area contributed by atoms with Crippen molar-refractivity contribution in [1.29, 1.82) is 0 Å². The molecule has 3 aromatic rings. The molecule has 0 aliphatic carbocycles. The molecule has 0 spiro atoms. The monoisotopic (exact) mass is 410 g/mol. The van der Waals surface area contributed by atoms with E-state index in [1.807, 2.05) is 30.3 Å². The van der Waals surface area contributed by atoms with Gasteiger partial charge in [-0.05, 0) is 30.9 Å². The normalized spacial score (nSPS) is 17.4. The third-order valence-electron chi connectivity index (χ3n) is 4.94. The van der Waals surface area contributed by atoms with Crippen molar-refractivity contribution >= 4 is 0 Å². The van der Waals surface area contributed by atoms with E-state index in [-0.39, 0.29) is 29.1 Å². The molecule has 0 radical (unpaired) electrons. The summed E-state index contributed by atoms with van der Waals surface area (Å²) in [5.41, 5.74) is 0.790. The fourth-order valence-corrected chi connectivity index (χ4v) is 3.41. The van der Waals surface area contributed by atoms with Gasteiger partial charge < -0.3 is 18.6 Å². The Morgan fingerprint density at radius 3 is 2.60 bits per heavy atom. The van der Waals surface area contributed by atoms with Crippen LogP contribution in [-0.2, 0) is 16.1 Å². The summed E-state index contributed by atoms with van der Waals surface area (Å²) in [4.78, 5) is 12.6. The lowest BCUT2D eigenvalue weighted by Gasteiger charge is -2.28. The zero-order valence-electron chi connectivity index (χ0n) is 16.5. The lowest BCUT2D eigenvalue weighted by atomic mass is 10.0. The van der Waals surface area contributed by atoms with Crippen LogP contribution in [0.25, 0.3) is 0 Å². The van der Waals surface area contributed by atoms with Crippen molar-refractivity contribution in [3.63, 3.8) is 0 Å². The highest BCUT2D eigenvalue weighted by atomic mass is 19.1. The molecule has 156 valence electrons. The average molecular weight is 410 g/mol. The van der Waals surface area contributed by atoms with Crippen LogP contribution in [0.2, 0.25) is 0 Å². The minimum atomic E-state index is -0.978. The molecule has 2 aromatic carbocycles. The molecule has 1 aliphatic rings. The summed E-state index contributed by atoms with van der Waals surface area (Å²) in [6.45, 7) is 0.747. The highest BCUT2D eigenvalue weighted by Crippen LogP contribution is 2.35. The van der Waals surface area contributed by atoms with Crippen molar-refractivity contribution in [2.75, 3.05) is 6.61 Å². The van der Waals surface area contributed by atoms with Crippen LogP contribution in [0.4, 0.5) is 4.39 Å². The van der Waals surface area contributed by atoms with E-state index >= 15 is 0 Å². The largest absolute Gasteiger partial charge is 0.482 e. The van der Waals surface area contributed by atoms with Crippen molar-refractivity contribution in [1.82, 2.24) is 0 Å². The van der Waals surface area contributed by atoms with E-state index in [1.165, 1.54) is 18.4 Å². The van der Waals surface area contributed by atoms with Gasteiger partial charge in [0.1, 0.15) is 12.4 Å². The molecule has 5 nitrogen and oxygen atoms in total. The molecule has 2 atom stereocenters. The van der Waals surface area contributed by atoms with Crippen molar-refractivity contribution < 1.29 is 23.0 Å². The van der Waals surface area contributed by atoms with Crippen LogP contribution in [-0.4, -0.2) is 12.9 Å². The molecule has 1 saturated heterocycles. The van der Waals surface area contributed by atoms with Crippen molar-refractivity contribution in [3.05, 3.63) is 99.9 Å². The van der Waals surface area contributed by atoms with Gasteiger partial charge in [-0.1, -0.05) is 48.5 Å². The summed E-state index contributed by atoms with van der Waals surface area (Å²) in [5.74, 6) is -0.332. The van der Waals surface area contributed by atoms with Crippen LogP contribution in [0.5, 0.6) is 5.75 Å². The number of ether oxygens (including phenoxy) is 3. The Balaban J connectivity index is 1.69. The van der Waals surface area contributed by atoms with Gasteiger partial charge in [0.25, 0.3) is 0 Å². The second-order valence-electron chi connectivity index (χ2n) is 7.09. The van der Waals surface area contributed by atoms with Gasteiger partial charge in [-0.15, -0.1) is 0 Å². The van der Waals surface area contributed by atoms with E-state index in [1.54, 1.807) is 18.2 Å². The fraction of sp³-hybridized carbons (Fsp3) is 0.292. The Labute approximate surface area is 174 Å². The maximum Gasteiger partial charge on any atom is 0.227 e. The number of hydrogen-bond donors (Lipinski definition) is 0. The van der Waals surface area contributed by atoms with Crippen LogP contribution in [0, 0.1) is 5.82 Å². The predicted octanol–water partition coefficient (Wildman–Crippen LogP) is 4.99. The summed E-state index contributed by atoms with van der Waals surface area (Å²) < 4.78 is 38.0. The van der Waals surface area contributed by atoms with Crippen LogP contribution in [0.3, 0.4) is 0 Å². The molecule has 0 amide bonds. The molecular weight excluding hydrogens is 387 g/mol. The van der Waals surface area contributed by atoms with Crippen LogP contribution in [0.1, 0.15) is 42.3 Å². The van der Waals surface area contributed by atoms with E-state index in [0.29, 0.717) is 13.0 Å². The molecule has 1 aliphatic heterocycles. The van der Waals surface area contributed by atoms with Crippen molar-refractivity contribution in [3.8, 4) is 5.75 Å². The third-order valence-corrected chi connectivity index (χ3v) is 4.94. The van der Waals surface area contributed by atoms with E-state index in [4.69, 9.17) is 18.6 Å². The molecule has 0 saturated carbocycles. The number of hydrogen-bond acceptors (Lipinski definition) is 5. The first-order valence-corrected chi connectivity index (χ1v) is 10.0. The fourth-order valence-electron chi connectivity index (χ4n) is 3.41. The smallest absolute Gasteiger partial charge is 0.227 e. The molecule has 6 heteroatoms. The molecule has 0 N–H and O–H groups in total. The predicted molar refractivity (Wildman–Crippen MR) is 109 cm³/mol. The van der Waals surface area contributed by atoms with Gasteiger partial charge in [0.2, 0.25) is 11.2 Å². The summed E-state index contributed by atoms with van der Waals surface area (Å²) in [5, 5.41) is 0. The molecule has 1 fully saturated rings. The highest BCUT2D eigenvalue weighted by Gasteiger charge is 2.30. The lowest BCUT2D eigenvalue weighted by Crippen LogP contribution is -2.26. The minimum Gasteiger partial charge on any atom is -0.482 e. The van der Waals surface area contributed by atoms with Gasteiger partial charge in [-0.3, -0.25) is 4.79 Å². The first-order valence-electron chi connectivity index (χ1n) is 10.0. The summed E-state index contributed by atoms with van der Waals surface area (Å²) >= 11 is 0. The molecule has 30 heavy (non-hydrogen) atoms. The Bertz CT molecular complexity index is 1010. The van der Waals surface area contributed by atoms with Crippen molar-refractivity contribution in [2.45, 2.75) is 38.3 Å². The Kier molecular flexibility index (Phi) is 6.57. The van der Waals surface area contributed by atoms with E-state index in [2.05, 4.69) is 0 Å². The zero-order chi connectivity index (χ0) is 20.8. The average Bonchev–Trinajstić information content (AvgIpc) is 2.79. The Morgan fingerprint density at radius 2 is 1.83 bits per heavy atom. The molecule has 4 rings (SSSR count). The first-order chi connectivity index (χ1) is 14.7. The van der Waals surface area contributed by atoms with Crippen LogP contribution >= 0.6 is 0 Å². The minimum absolute atomic E-state index is 0.00501. The van der Waals surface area contributed by atoms with Gasteiger partial charge >= 0.3 is 0 Å². The van der Waals surface area contributed by atoms with Crippen LogP contribution in [0.15, 0.2) is 76.1 Å². The molecule has 2 unspecified atom stereocenters. The number of benzene rings is 2. The second kappa shape index (κ2) is 9.69. The Hall–Kier alpha value is -2.96. The summed E-state index contributed by atoms with van der Waals surface area (Å²) in [7, 11) is 0. The third kappa shape index (κ3) is 4.78. The zero-order valence-corrected chi connectivity index (χ0v) is 16.5. The summed E-state index contributed by atoms with van der Waals surface area (Å²) in [6, 6.07) is 17.0. The summed E-state index contributed by atoms with van der Waals surface area (Å²) in [6.07, 6.45) is 2.36. The maximum atomic E-state index is 14.7. The second-order valence-corrected chi connectivity index (χ2v) is 7.09. The van der Waals surface area contributed by atoms with Gasteiger partial charge in [-0.2, -0.15) is 0 Å². The SMILES string of the molecule is O=c1ccoc(C(OC2CCCCO2)c2ccccc2F)c1OCc1ccccc1. The van der Waals surface area contributed by atoms with E-state index in [9.17, 15) is 9.18 Å². The van der Waals surface area contributed by atoms with Gasteiger partial charge in [0.05, 0.1) is 6.26 Å². The Morgan fingerprint density at radius 1 is 1.03 bits per heavy atom. The van der Waals surface area contributed by atoms with Gasteiger partial charge in [-0.25, -0.2) is 4.39 Å². The lowest BCUT2D eigenvalue weighted by molar-refractivity contribution is -0.185. The topological polar surface area (TPSA) is 57.9 Å². The number of rotatable bonds is 7. The maximum absolute atomic E-state index is 14.7. The number of halogens is 1. The molecule has 2 heterocycles. The quantitative estimate of drug-likeness (QED) is 0.549. The van der Waals surface area contributed by atoms with E-state index < -0.39 is 18.2 Å². The molecular formula is C24H23FO5. The van der Waals surface area contributed by atoms with Gasteiger partial charge in [0, 0.05) is 18.2 Å². The van der Waals surface area contributed by atoms with Crippen molar-refractivity contribution in [2.24, 2.45) is 0 Å². The highest BCUT2D eigenvalue weighted by molar-refractivity contribution is 5.35.